The number of rotatable bonds is 1. The Morgan fingerprint density at radius 3 is 2.77 bits per heavy atom. The lowest BCUT2D eigenvalue weighted by atomic mass is 9.93. The first kappa shape index (κ1) is 13.4. The van der Waals surface area contributed by atoms with Crippen LogP contribution in [0.1, 0.15) is 35.5 Å². The molecule has 1 aliphatic heterocycles. The van der Waals surface area contributed by atoms with Crippen LogP contribution < -0.4 is 4.90 Å². The number of hydrogen-bond acceptors (Lipinski definition) is 2. The molecule has 0 saturated heterocycles. The van der Waals surface area contributed by atoms with Gasteiger partial charge in [0.1, 0.15) is 0 Å². The van der Waals surface area contributed by atoms with E-state index in [1.165, 1.54) is 22.5 Å². The summed E-state index contributed by atoms with van der Waals surface area (Å²) >= 11 is 0. The smallest absolute Gasteiger partial charge is 0.160 e. The molecule has 1 aliphatic rings. The Bertz CT molecular complexity index is 847. The van der Waals surface area contributed by atoms with Crippen molar-refractivity contribution in [1.29, 1.82) is 0 Å². The van der Waals surface area contributed by atoms with E-state index in [4.69, 9.17) is 4.98 Å². The normalized spacial score (nSPS) is 17.8. The largest absolute Gasteiger partial charge is 0.361 e. The molecule has 1 atom stereocenters. The molecular weight excluding hydrogens is 270 g/mol. The third-order valence-electron chi connectivity index (χ3n) is 5.01. The molecule has 22 heavy (non-hydrogen) atoms. The Balaban J connectivity index is 1.85. The van der Waals surface area contributed by atoms with Crippen molar-refractivity contribution < 1.29 is 0 Å². The maximum absolute atomic E-state index is 4.80. The molecule has 0 radical (unpaired) electrons. The van der Waals surface area contributed by atoms with Gasteiger partial charge in [0.15, 0.2) is 5.65 Å². The molecule has 3 heterocycles. The van der Waals surface area contributed by atoms with Crippen LogP contribution >= 0.6 is 0 Å². The highest BCUT2D eigenvalue weighted by molar-refractivity contribution is 5.71. The molecule has 112 valence electrons. The van der Waals surface area contributed by atoms with Gasteiger partial charge in [-0.05, 0) is 50.5 Å². The molecule has 1 unspecified atom stereocenters. The predicted octanol–water partition coefficient (Wildman–Crippen LogP) is 4.07. The van der Waals surface area contributed by atoms with Gasteiger partial charge >= 0.3 is 0 Å². The number of fused-ring (bicyclic) bond motifs is 2. The molecule has 0 amide bonds. The van der Waals surface area contributed by atoms with Crippen LogP contribution in [0, 0.1) is 13.8 Å². The molecule has 1 aromatic carbocycles. The van der Waals surface area contributed by atoms with Crippen LogP contribution in [-0.4, -0.2) is 15.9 Å². The summed E-state index contributed by atoms with van der Waals surface area (Å²) in [5, 5.41) is 0. The van der Waals surface area contributed by atoms with Gasteiger partial charge in [-0.3, -0.25) is 0 Å². The lowest BCUT2D eigenvalue weighted by Crippen LogP contribution is -2.34. The monoisotopic (exact) mass is 291 g/mol. The minimum absolute atomic E-state index is 0.383. The molecule has 0 N–H and O–H groups in total. The molecule has 0 aliphatic carbocycles. The van der Waals surface area contributed by atoms with Crippen molar-refractivity contribution in [2.45, 2.75) is 33.2 Å². The fourth-order valence-electron chi connectivity index (χ4n) is 3.61. The first-order valence-corrected chi connectivity index (χ1v) is 7.95. The van der Waals surface area contributed by atoms with E-state index in [2.05, 4.69) is 72.7 Å². The zero-order valence-electron chi connectivity index (χ0n) is 13.4. The molecule has 2 aromatic heterocycles. The summed E-state index contributed by atoms with van der Waals surface area (Å²) in [6.07, 6.45) is 3.21. The number of benzene rings is 1. The Morgan fingerprint density at radius 1 is 1.09 bits per heavy atom. The molecule has 4 rings (SSSR count). The fraction of sp³-hybridized carbons (Fsp3) is 0.316. The summed E-state index contributed by atoms with van der Waals surface area (Å²) in [5.74, 6) is 0. The summed E-state index contributed by atoms with van der Waals surface area (Å²) in [6.45, 7) is 7.56. The summed E-state index contributed by atoms with van der Waals surface area (Å²) in [5.41, 5.74) is 7.56. The number of hydrogen-bond donors (Lipinski definition) is 0. The lowest BCUT2D eigenvalue weighted by Gasteiger charge is -2.37. The highest BCUT2D eigenvalue weighted by atomic mass is 15.2. The summed E-state index contributed by atoms with van der Waals surface area (Å²) in [4.78, 5) is 7.29. The van der Waals surface area contributed by atoms with Crippen LogP contribution in [-0.2, 0) is 6.42 Å². The van der Waals surface area contributed by atoms with Crippen molar-refractivity contribution in [3.05, 3.63) is 65.1 Å². The lowest BCUT2D eigenvalue weighted by molar-refractivity contribution is 0.625. The zero-order valence-corrected chi connectivity index (χ0v) is 13.4. The van der Waals surface area contributed by atoms with E-state index < -0.39 is 0 Å². The van der Waals surface area contributed by atoms with Crippen molar-refractivity contribution in [3.63, 3.8) is 0 Å². The average Bonchev–Trinajstić information content (AvgIpc) is 2.83. The van der Waals surface area contributed by atoms with Crippen LogP contribution in [0.3, 0.4) is 0 Å². The number of anilines is 1. The van der Waals surface area contributed by atoms with Crippen LogP contribution in [0.5, 0.6) is 0 Å². The van der Waals surface area contributed by atoms with E-state index in [-0.39, 0.29) is 0 Å². The molecule has 0 saturated carbocycles. The fourth-order valence-corrected chi connectivity index (χ4v) is 3.61. The van der Waals surface area contributed by atoms with Gasteiger partial charge < -0.3 is 9.30 Å². The summed E-state index contributed by atoms with van der Waals surface area (Å²) in [6, 6.07) is 13.5. The Morgan fingerprint density at radius 2 is 1.91 bits per heavy atom. The first-order valence-electron chi connectivity index (χ1n) is 7.95. The maximum atomic E-state index is 4.80. The average molecular weight is 291 g/mol. The molecular formula is C19H21N3. The highest BCUT2D eigenvalue weighted by Gasteiger charge is 2.25. The van der Waals surface area contributed by atoms with Crippen LogP contribution in [0.15, 0.2) is 42.6 Å². The molecule has 0 spiro atoms. The Kier molecular flexibility index (Phi) is 2.96. The summed E-state index contributed by atoms with van der Waals surface area (Å²) in [7, 11) is 0. The van der Waals surface area contributed by atoms with Gasteiger partial charge in [0.25, 0.3) is 0 Å². The minimum atomic E-state index is 0.383. The van der Waals surface area contributed by atoms with Crippen LogP contribution in [0.25, 0.3) is 5.65 Å². The van der Waals surface area contributed by atoms with E-state index >= 15 is 0 Å². The van der Waals surface area contributed by atoms with Crippen molar-refractivity contribution in [1.82, 2.24) is 9.38 Å². The second-order valence-corrected chi connectivity index (χ2v) is 6.19. The van der Waals surface area contributed by atoms with Gasteiger partial charge in [-0.2, -0.15) is 0 Å². The van der Waals surface area contributed by atoms with Crippen molar-refractivity contribution in [2.75, 3.05) is 11.4 Å². The Hall–Kier alpha value is -2.29. The van der Waals surface area contributed by atoms with Gasteiger partial charge in [-0.15, -0.1) is 0 Å². The van der Waals surface area contributed by atoms with Crippen LogP contribution in [0.2, 0.25) is 0 Å². The van der Waals surface area contributed by atoms with Gasteiger partial charge in [-0.1, -0.05) is 24.3 Å². The number of pyridine rings is 1. The van der Waals surface area contributed by atoms with Crippen LogP contribution in [0.4, 0.5) is 5.69 Å². The van der Waals surface area contributed by atoms with Gasteiger partial charge in [-0.25, -0.2) is 4.98 Å². The van der Waals surface area contributed by atoms with E-state index in [0.717, 1.165) is 24.3 Å². The quantitative estimate of drug-likeness (QED) is 0.673. The molecule has 3 nitrogen and oxygen atoms in total. The molecule has 3 aromatic rings. The van der Waals surface area contributed by atoms with Gasteiger partial charge in [0.05, 0.1) is 17.4 Å². The minimum Gasteiger partial charge on any atom is -0.361 e. The standard InChI is InChI=1S/C19H21N3/c1-13-14(2)22-11-6-9-18(19(22)20-13)21-12-10-16-7-4-5-8-17(16)15(21)3/h4-9,11,15H,10,12H2,1-3H3. The second-order valence-electron chi connectivity index (χ2n) is 6.19. The molecule has 0 bridgehead atoms. The third-order valence-corrected chi connectivity index (χ3v) is 5.01. The number of aryl methyl sites for hydroxylation is 2. The summed E-state index contributed by atoms with van der Waals surface area (Å²) < 4.78 is 2.21. The Labute approximate surface area is 131 Å². The third kappa shape index (κ3) is 1.85. The predicted molar refractivity (Wildman–Crippen MR) is 90.6 cm³/mol. The number of imidazole rings is 1. The first-order chi connectivity index (χ1) is 10.7. The SMILES string of the molecule is Cc1nc2c(N3CCc4ccccc4C3C)cccn2c1C. The van der Waals surface area contributed by atoms with E-state index in [0.29, 0.717) is 6.04 Å². The topological polar surface area (TPSA) is 20.5 Å². The number of nitrogens with zero attached hydrogens (tertiary/aromatic N) is 3. The van der Waals surface area contributed by atoms with Crippen molar-refractivity contribution in [3.8, 4) is 0 Å². The van der Waals surface area contributed by atoms with Crippen molar-refractivity contribution >= 4 is 11.3 Å². The highest BCUT2D eigenvalue weighted by Crippen LogP contribution is 2.35. The van der Waals surface area contributed by atoms with Gasteiger partial charge in [0.2, 0.25) is 0 Å². The second kappa shape index (κ2) is 4.87. The van der Waals surface area contributed by atoms with E-state index in [9.17, 15) is 0 Å². The van der Waals surface area contributed by atoms with Gasteiger partial charge in [0, 0.05) is 18.4 Å². The molecule has 0 fully saturated rings. The van der Waals surface area contributed by atoms with E-state index in [1.807, 2.05) is 0 Å². The van der Waals surface area contributed by atoms with E-state index in [1.54, 1.807) is 0 Å². The zero-order chi connectivity index (χ0) is 15.3. The number of aromatic nitrogens is 2. The molecule has 3 heteroatoms. The van der Waals surface area contributed by atoms with Crippen molar-refractivity contribution in [2.24, 2.45) is 0 Å². The maximum Gasteiger partial charge on any atom is 0.160 e.